The minimum absolute atomic E-state index is 0.0126. The number of aromatic nitrogens is 5. The molecular formula is C42H47N9O7S. The molecule has 1 atom stereocenters. The van der Waals surface area contributed by atoms with E-state index in [1.807, 2.05) is 19.1 Å². The van der Waals surface area contributed by atoms with Crippen LogP contribution in [0.15, 0.2) is 69.2 Å². The number of anilines is 2. The van der Waals surface area contributed by atoms with Crippen LogP contribution in [-0.2, 0) is 31.4 Å². The number of ether oxygens (including phenoxy) is 1. The molecule has 16 nitrogen and oxygen atoms in total. The number of piperidine rings is 2. The van der Waals surface area contributed by atoms with Gasteiger partial charge in [-0.25, -0.2) is 22.9 Å². The van der Waals surface area contributed by atoms with Crippen LogP contribution in [0.1, 0.15) is 74.6 Å². The van der Waals surface area contributed by atoms with Crippen molar-refractivity contribution in [2.45, 2.75) is 81.4 Å². The summed E-state index contributed by atoms with van der Waals surface area (Å²) in [4.78, 5) is 61.5. The topological polar surface area (TPSA) is 192 Å². The highest BCUT2D eigenvalue weighted by atomic mass is 32.2. The van der Waals surface area contributed by atoms with Gasteiger partial charge in [-0.15, -0.1) is 0 Å². The van der Waals surface area contributed by atoms with Gasteiger partial charge in [0, 0.05) is 68.0 Å². The summed E-state index contributed by atoms with van der Waals surface area (Å²) in [5, 5.41) is 6.31. The first-order valence-electron chi connectivity index (χ1n) is 20.1. The fourth-order valence-electron chi connectivity index (χ4n) is 8.32. The number of sulfonamides is 1. The SMILES string of the molecule is Cc1cc(S(=O)(=O)NCCOC2CCN(CC#Cc3ccc4c(c3)n(C)c(=O)n4C3CCC(=O)NC3=O)CC2)ccc1Nc1ncc2ccc(=O)n(C3CCCC3)c2n1. The Kier molecular flexibility index (Phi) is 11.5. The molecule has 1 aliphatic carbocycles. The Bertz CT molecular complexity index is 2730. The molecule has 8 rings (SSSR count). The molecule has 17 heteroatoms. The van der Waals surface area contributed by atoms with Crippen molar-refractivity contribution in [3.05, 3.63) is 86.7 Å². The van der Waals surface area contributed by atoms with Crippen LogP contribution in [0.4, 0.5) is 11.6 Å². The summed E-state index contributed by atoms with van der Waals surface area (Å²) >= 11 is 0. The molecule has 0 spiro atoms. The molecule has 2 amide bonds. The molecule has 2 aromatic carbocycles. The van der Waals surface area contributed by atoms with Crippen molar-refractivity contribution >= 4 is 55.5 Å². The van der Waals surface area contributed by atoms with E-state index in [1.54, 1.807) is 48.1 Å². The van der Waals surface area contributed by atoms with Crippen molar-refractivity contribution < 1.29 is 22.7 Å². The molecule has 1 saturated carbocycles. The summed E-state index contributed by atoms with van der Waals surface area (Å²) < 4.78 is 39.8. The molecule has 5 aromatic rings. The molecule has 0 bridgehead atoms. The predicted octanol–water partition coefficient (Wildman–Crippen LogP) is 3.40. The van der Waals surface area contributed by atoms with Crippen LogP contribution in [0, 0.1) is 18.8 Å². The van der Waals surface area contributed by atoms with E-state index < -0.39 is 22.0 Å². The smallest absolute Gasteiger partial charge is 0.329 e. The van der Waals surface area contributed by atoms with Crippen LogP contribution in [-0.4, -0.2) is 87.7 Å². The monoisotopic (exact) mass is 821 g/mol. The second kappa shape index (κ2) is 16.9. The third kappa shape index (κ3) is 8.58. The van der Waals surface area contributed by atoms with Crippen LogP contribution < -0.4 is 26.6 Å². The molecule has 1 unspecified atom stereocenters. The van der Waals surface area contributed by atoms with E-state index in [1.165, 1.54) is 15.2 Å². The number of likely N-dealkylation sites (tertiary alicyclic amines) is 1. The van der Waals surface area contributed by atoms with Crippen LogP contribution in [0.5, 0.6) is 0 Å². The fraction of sp³-hybridized carbons (Fsp3) is 0.429. The van der Waals surface area contributed by atoms with Crippen LogP contribution >= 0.6 is 0 Å². The third-order valence-electron chi connectivity index (χ3n) is 11.5. The summed E-state index contributed by atoms with van der Waals surface area (Å²) in [6.45, 7) is 4.33. The van der Waals surface area contributed by atoms with E-state index in [0.717, 1.165) is 62.6 Å². The van der Waals surface area contributed by atoms with E-state index in [2.05, 4.69) is 37.1 Å². The number of nitrogens with zero attached hydrogens (tertiary/aromatic N) is 6. The molecule has 3 N–H and O–H groups in total. The number of nitrogens with one attached hydrogen (secondary N) is 3. The maximum atomic E-state index is 13.2. The second-order valence-electron chi connectivity index (χ2n) is 15.5. The van der Waals surface area contributed by atoms with Gasteiger partial charge >= 0.3 is 5.69 Å². The molecule has 2 aliphatic heterocycles. The number of hydrogen-bond acceptors (Lipinski definition) is 11. The van der Waals surface area contributed by atoms with Gasteiger partial charge in [-0.05, 0) is 87.1 Å². The average molecular weight is 822 g/mol. The van der Waals surface area contributed by atoms with Gasteiger partial charge in [0.05, 0.1) is 35.2 Å². The first-order valence-corrected chi connectivity index (χ1v) is 21.6. The van der Waals surface area contributed by atoms with Gasteiger partial charge in [-0.1, -0.05) is 24.7 Å². The lowest BCUT2D eigenvalue weighted by atomic mass is 10.1. The van der Waals surface area contributed by atoms with Crippen LogP contribution in [0.25, 0.3) is 22.1 Å². The van der Waals surface area contributed by atoms with Gasteiger partial charge in [-0.3, -0.25) is 38.3 Å². The predicted molar refractivity (Wildman–Crippen MR) is 222 cm³/mol. The number of hydrogen-bond donors (Lipinski definition) is 3. The van der Waals surface area contributed by atoms with E-state index in [4.69, 9.17) is 9.72 Å². The normalized spacial score (nSPS) is 18.3. The van der Waals surface area contributed by atoms with E-state index in [-0.39, 0.29) is 60.2 Å². The summed E-state index contributed by atoms with van der Waals surface area (Å²) in [7, 11) is -2.13. The highest BCUT2D eigenvalue weighted by Gasteiger charge is 2.31. The van der Waals surface area contributed by atoms with E-state index >= 15 is 0 Å². The lowest BCUT2D eigenvalue weighted by Crippen LogP contribution is -2.44. The Hall–Kier alpha value is -5.67. The number of carbonyl (C=O) groups is 2. The van der Waals surface area contributed by atoms with Crippen LogP contribution in [0.2, 0.25) is 0 Å². The number of carbonyl (C=O) groups excluding carboxylic acids is 2. The Morgan fingerprint density at radius 1 is 0.932 bits per heavy atom. The molecule has 3 aromatic heterocycles. The van der Waals surface area contributed by atoms with Crippen molar-refractivity contribution in [3.8, 4) is 11.8 Å². The molecule has 3 aliphatic rings. The molecule has 308 valence electrons. The van der Waals surface area contributed by atoms with Crippen molar-refractivity contribution in [2.75, 3.05) is 38.1 Å². The Balaban J connectivity index is 0.796. The fourth-order valence-corrected chi connectivity index (χ4v) is 9.42. The van der Waals surface area contributed by atoms with E-state index in [9.17, 15) is 27.6 Å². The highest BCUT2D eigenvalue weighted by molar-refractivity contribution is 7.89. The van der Waals surface area contributed by atoms with Crippen molar-refractivity contribution in [3.63, 3.8) is 0 Å². The standard InChI is InChI=1S/C42H47N9O7S/c1-27-24-32(11-12-33(27)45-41-43-26-29-10-16-38(53)50(39(29)47-41)30-7-3-4-8-30)59(56,57)44-19-23-58-31-17-21-49(22-18-31)20-5-6-28-9-13-34-36(25-28)48(2)42(55)51(34)35-14-15-37(52)46-40(35)54/h9-13,16,24-26,30-31,35,44H,3-4,7-8,14-15,17-23H2,1-2H3,(H,43,45,47)(H,46,52,54). The quantitative estimate of drug-likeness (QED) is 0.101. The lowest BCUT2D eigenvalue weighted by Gasteiger charge is -2.30. The first-order chi connectivity index (χ1) is 28.4. The minimum Gasteiger partial charge on any atom is -0.377 e. The zero-order chi connectivity index (χ0) is 41.3. The van der Waals surface area contributed by atoms with Gasteiger partial charge in [0.25, 0.3) is 5.56 Å². The zero-order valence-corrected chi connectivity index (χ0v) is 33.9. The zero-order valence-electron chi connectivity index (χ0n) is 33.1. The number of aryl methyl sites for hydroxylation is 2. The second-order valence-corrected chi connectivity index (χ2v) is 17.2. The minimum atomic E-state index is -3.79. The van der Waals surface area contributed by atoms with Crippen LogP contribution in [0.3, 0.4) is 0 Å². The average Bonchev–Trinajstić information content (AvgIpc) is 3.84. The Morgan fingerprint density at radius 2 is 1.73 bits per heavy atom. The molecule has 5 heterocycles. The molecule has 2 saturated heterocycles. The van der Waals surface area contributed by atoms with Crippen molar-refractivity contribution in [1.82, 2.24) is 38.6 Å². The number of imide groups is 1. The number of imidazole rings is 1. The molecule has 3 fully saturated rings. The van der Waals surface area contributed by atoms with E-state index in [0.29, 0.717) is 40.4 Å². The van der Waals surface area contributed by atoms with Gasteiger partial charge < -0.3 is 10.1 Å². The number of pyridine rings is 1. The summed E-state index contributed by atoms with van der Waals surface area (Å²) in [6.07, 6.45) is 7.82. The largest absolute Gasteiger partial charge is 0.377 e. The Morgan fingerprint density at radius 3 is 2.49 bits per heavy atom. The third-order valence-corrected chi connectivity index (χ3v) is 13.0. The summed E-state index contributed by atoms with van der Waals surface area (Å²) in [6, 6.07) is 13.0. The number of fused-ring (bicyclic) bond motifs is 2. The molecular weight excluding hydrogens is 775 g/mol. The van der Waals surface area contributed by atoms with Crippen molar-refractivity contribution in [2.24, 2.45) is 7.05 Å². The summed E-state index contributed by atoms with van der Waals surface area (Å²) in [5.74, 6) is 5.95. The maximum absolute atomic E-state index is 13.2. The van der Waals surface area contributed by atoms with Gasteiger partial charge in [0.2, 0.25) is 27.8 Å². The number of benzene rings is 2. The number of rotatable bonds is 11. The molecule has 0 radical (unpaired) electrons. The maximum Gasteiger partial charge on any atom is 0.329 e. The Labute approximate surface area is 341 Å². The number of amides is 2. The lowest BCUT2D eigenvalue weighted by molar-refractivity contribution is -0.135. The van der Waals surface area contributed by atoms with Gasteiger partial charge in [-0.2, -0.15) is 4.98 Å². The summed E-state index contributed by atoms with van der Waals surface area (Å²) in [5.41, 5.74) is 3.57. The van der Waals surface area contributed by atoms with Gasteiger partial charge in [0.1, 0.15) is 11.7 Å². The first kappa shape index (κ1) is 40.1. The molecule has 59 heavy (non-hydrogen) atoms. The van der Waals surface area contributed by atoms with Gasteiger partial charge in [0.15, 0.2) is 0 Å². The van der Waals surface area contributed by atoms with Crippen molar-refractivity contribution in [1.29, 1.82) is 0 Å². The highest BCUT2D eigenvalue weighted by Crippen LogP contribution is 2.31.